The molecule has 0 bridgehead atoms. The molecule has 0 amide bonds. The molecule has 31 heavy (non-hydrogen) atoms. The number of hydrogen-bond acceptors (Lipinski definition) is 5. The molecule has 8 nitrogen and oxygen atoms in total. The largest absolute Gasteiger partial charge is 0.497 e. The molecule has 1 saturated heterocycles. The van der Waals surface area contributed by atoms with Gasteiger partial charge in [-0.2, -0.15) is 5.10 Å². The number of aliphatic imine (C=N–C) groups is 1. The molecule has 2 heterocycles. The third kappa shape index (κ3) is 6.06. The Labute approximate surface area is 185 Å². The summed E-state index contributed by atoms with van der Waals surface area (Å²) in [6.45, 7) is 9.96. The molecule has 0 radical (unpaired) electrons. The summed E-state index contributed by atoms with van der Waals surface area (Å²) in [5.74, 6) is 2.89. The predicted molar refractivity (Wildman–Crippen MR) is 126 cm³/mol. The van der Waals surface area contributed by atoms with Crippen LogP contribution in [0.15, 0.2) is 29.3 Å². The van der Waals surface area contributed by atoms with Gasteiger partial charge in [0.2, 0.25) is 0 Å². The Kier molecular flexibility index (Phi) is 7.65. The summed E-state index contributed by atoms with van der Waals surface area (Å²) in [6, 6.07) is 8.45. The van der Waals surface area contributed by atoms with Gasteiger partial charge in [-0.1, -0.05) is 6.92 Å². The van der Waals surface area contributed by atoms with E-state index in [1.807, 2.05) is 20.0 Å². The SMILES string of the molecule is CN=C(NCC(C)Cn1nc(C)cc1C)NC1CCN(c2cc(OC)cc(OC)c2)C1. The maximum atomic E-state index is 5.41. The van der Waals surface area contributed by atoms with E-state index in [0.29, 0.717) is 12.0 Å². The minimum atomic E-state index is 0.328. The van der Waals surface area contributed by atoms with E-state index in [4.69, 9.17) is 9.47 Å². The first-order valence-corrected chi connectivity index (χ1v) is 10.9. The number of anilines is 1. The normalized spacial score (nSPS) is 17.5. The van der Waals surface area contributed by atoms with Crippen LogP contribution in [0.4, 0.5) is 5.69 Å². The lowest BCUT2D eigenvalue weighted by molar-refractivity contribution is 0.394. The second kappa shape index (κ2) is 10.4. The van der Waals surface area contributed by atoms with Crippen molar-refractivity contribution >= 4 is 11.6 Å². The average molecular weight is 429 g/mol. The van der Waals surface area contributed by atoms with Crippen LogP contribution in [0, 0.1) is 19.8 Å². The van der Waals surface area contributed by atoms with Crippen molar-refractivity contribution in [2.75, 3.05) is 45.8 Å². The van der Waals surface area contributed by atoms with Crippen molar-refractivity contribution in [1.29, 1.82) is 0 Å². The topological polar surface area (TPSA) is 75.9 Å². The standard InChI is InChI=1S/C23H36N6O2/c1-16(14-29-18(3)9-17(2)27-29)13-25-23(24-4)26-19-7-8-28(15-19)20-10-21(30-5)12-22(11-20)31-6/h9-12,16,19H,7-8,13-15H2,1-6H3,(H2,24,25,26). The Balaban J connectivity index is 1.51. The van der Waals surface area contributed by atoms with E-state index >= 15 is 0 Å². The lowest BCUT2D eigenvalue weighted by Gasteiger charge is -2.22. The number of aryl methyl sites for hydroxylation is 2. The molecule has 0 spiro atoms. The number of guanidine groups is 1. The van der Waals surface area contributed by atoms with Crippen LogP contribution < -0.4 is 25.0 Å². The van der Waals surface area contributed by atoms with Gasteiger partial charge in [-0.25, -0.2) is 0 Å². The van der Waals surface area contributed by atoms with Gasteiger partial charge in [-0.3, -0.25) is 9.67 Å². The van der Waals surface area contributed by atoms with E-state index in [1.54, 1.807) is 14.2 Å². The monoisotopic (exact) mass is 428 g/mol. The van der Waals surface area contributed by atoms with Crippen molar-refractivity contribution in [2.45, 2.75) is 39.8 Å². The van der Waals surface area contributed by atoms with Crippen molar-refractivity contribution in [2.24, 2.45) is 10.9 Å². The van der Waals surface area contributed by atoms with Crippen molar-refractivity contribution in [3.05, 3.63) is 35.7 Å². The van der Waals surface area contributed by atoms with Crippen LogP contribution in [-0.2, 0) is 6.54 Å². The van der Waals surface area contributed by atoms with Crippen LogP contribution >= 0.6 is 0 Å². The molecule has 1 aliphatic heterocycles. The van der Waals surface area contributed by atoms with Gasteiger partial charge in [0.15, 0.2) is 5.96 Å². The third-order valence-corrected chi connectivity index (χ3v) is 5.66. The number of methoxy groups -OCH3 is 2. The molecule has 2 atom stereocenters. The first kappa shape index (κ1) is 22.8. The van der Waals surface area contributed by atoms with Crippen LogP contribution in [0.2, 0.25) is 0 Å². The highest BCUT2D eigenvalue weighted by atomic mass is 16.5. The molecule has 1 aliphatic rings. The second-order valence-electron chi connectivity index (χ2n) is 8.31. The summed E-state index contributed by atoms with van der Waals surface area (Å²) < 4.78 is 12.9. The van der Waals surface area contributed by atoms with Gasteiger partial charge in [0.25, 0.3) is 0 Å². The van der Waals surface area contributed by atoms with Gasteiger partial charge in [-0.05, 0) is 32.3 Å². The number of nitrogens with zero attached hydrogens (tertiary/aromatic N) is 4. The summed E-state index contributed by atoms with van der Waals surface area (Å²) >= 11 is 0. The van der Waals surface area contributed by atoms with Crippen molar-refractivity contribution in [1.82, 2.24) is 20.4 Å². The number of aromatic nitrogens is 2. The van der Waals surface area contributed by atoms with E-state index in [1.165, 1.54) is 5.69 Å². The second-order valence-corrected chi connectivity index (χ2v) is 8.31. The molecule has 0 aliphatic carbocycles. The fraction of sp³-hybridized carbons (Fsp3) is 0.565. The van der Waals surface area contributed by atoms with Crippen molar-refractivity contribution in [3.63, 3.8) is 0 Å². The minimum absolute atomic E-state index is 0.328. The van der Waals surface area contributed by atoms with Gasteiger partial charge in [-0.15, -0.1) is 0 Å². The Hall–Kier alpha value is -2.90. The molecule has 2 unspecified atom stereocenters. The lowest BCUT2D eigenvalue weighted by Crippen LogP contribution is -2.46. The molecular weight excluding hydrogens is 392 g/mol. The average Bonchev–Trinajstić information content (AvgIpc) is 3.36. The van der Waals surface area contributed by atoms with Gasteiger partial charge < -0.3 is 25.0 Å². The summed E-state index contributed by atoms with van der Waals surface area (Å²) in [6.07, 6.45) is 1.04. The predicted octanol–water partition coefficient (Wildman–Crippen LogP) is 2.60. The molecule has 0 saturated carbocycles. The summed E-state index contributed by atoms with van der Waals surface area (Å²) in [7, 11) is 5.18. The minimum Gasteiger partial charge on any atom is -0.497 e. The van der Waals surface area contributed by atoms with Crippen LogP contribution in [-0.4, -0.2) is 62.7 Å². The van der Waals surface area contributed by atoms with Crippen LogP contribution in [0.1, 0.15) is 24.7 Å². The van der Waals surface area contributed by atoms with E-state index in [2.05, 4.69) is 62.4 Å². The highest BCUT2D eigenvalue weighted by Gasteiger charge is 2.24. The number of rotatable bonds is 8. The Morgan fingerprint density at radius 3 is 2.48 bits per heavy atom. The Bertz CT molecular complexity index is 872. The molecule has 1 aromatic heterocycles. The van der Waals surface area contributed by atoms with Crippen molar-refractivity contribution < 1.29 is 9.47 Å². The molecule has 1 aromatic carbocycles. The molecule has 8 heteroatoms. The van der Waals surface area contributed by atoms with E-state index < -0.39 is 0 Å². The van der Waals surface area contributed by atoms with Gasteiger partial charge in [0.1, 0.15) is 11.5 Å². The lowest BCUT2D eigenvalue weighted by atomic mass is 10.2. The van der Waals surface area contributed by atoms with E-state index in [0.717, 1.165) is 61.4 Å². The van der Waals surface area contributed by atoms with Gasteiger partial charge >= 0.3 is 0 Å². The Morgan fingerprint density at radius 1 is 1.19 bits per heavy atom. The zero-order chi connectivity index (χ0) is 22.4. The quantitative estimate of drug-likeness (QED) is 0.497. The van der Waals surface area contributed by atoms with E-state index in [9.17, 15) is 0 Å². The van der Waals surface area contributed by atoms with Crippen molar-refractivity contribution in [3.8, 4) is 11.5 Å². The van der Waals surface area contributed by atoms with E-state index in [-0.39, 0.29) is 0 Å². The number of hydrogen-bond donors (Lipinski definition) is 2. The summed E-state index contributed by atoms with van der Waals surface area (Å²) in [5.41, 5.74) is 3.38. The fourth-order valence-electron chi connectivity index (χ4n) is 3.97. The van der Waals surface area contributed by atoms with Crippen LogP contribution in [0.25, 0.3) is 0 Å². The maximum Gasteiger partial charge on any atom is 0.191 e. The van der Waals surface area contributed by atoms with Crippen LogP contribution in [0.3, 0.4) is 0 Å². The fourth-order valence-corrected chi connectivity index (χ4v) is 3.97. The van der Waals surface area contributed by atoms with Gasteiger partial charge in [0, 0.05) is 68.8 Å². The molecule has 170 valence electrons. The van der Waals surface area contributed by atoms with Crippen LogP contribution in [0.5, 0.6) is 11.5 Å². The molecule has 2 N–H and O–H groups in total. The molecule has 2 aromatic rings. The summed E-state index contributed by atoms with van der Waals surface area (Å²) in [5, 5.41) is 11.6. The molecule has 1 fully saturated rings. The number of ether oxygens (including phenoxy) is 2. The first-order chi connectivity index (χ1) is 14.9. The molecule has 3 rings (SSSR count). The zero-order valence-corrected chi connectivity index (χ0v) is 19.6. The summed E-state index contributed by atoms with van der Waals surface area (Å²) in [4.78, 5) is 6.77. The number of nitrogens with one attached hydrogen (secondary N) is 2. The molecular formula is C23H36N6O2. The van der Waals surface area contributed by atoms with Gasteiger partial charge in [0.05, 0.1) is 19.9 Å². The highest BCUT2D eigenvalue weighted by molar-refractivity contribution is 5.80. The third-order valence-electron chi connectivity index (χ3n) is 5.66. The Morgan fingerprint density at radius 2 is 1.90 bits per heavy atom. The highest BCUT2D eigenvalue weighted by Crippen LogP contribution is 2.30. The smallest absolute Gasteiger partial charge is 0.191 e. The zero-order valence-electron chi connectivity index (χ0n) is 19.6. The number of benzene rings is 1. The first-order valence-electron chi connectivity index (χ1n) is 10.9. The maximum absolute atomic E-state index is 5.41.